The first kappa shape index (κ1) is 14.4. The van der Waals surface area contributed by atoms with Crippen LogP contribution in [0.2, 0.25) is 0 Å². The highest BCUT2D eigenvalue weighted by atomic mass is 32.1. The number of aromatic nitrogens is 2. The highest BCUT2D eigenvalue weighted by Gasteiger charge is 2.26. The number of H-pyrrole nitrogens is 1. The zero-order valence-electron chi connectivity index (χ0n) is 12.5. The summed E-state index contributed by atoms with van der Waals surface area (Å²) in [5.41, 5.74) is 6.23. The Morgan fingerprint density at radius 1 is 1.39 bits per heavy atom. The van der Waals surface area contributed by atoms with Crippen LogP contribution in [0.3, 0.4) is 0 Å². The predicted octanol–water partition coefficient (Wildman–Crippen LogP) is 3.41. The molecule has 6 heteroatoms. The van der Waals surface area contributed by atoms with Gasteiger partial charge in [0.05, 0.1) is 23.2 Å². The van der Waals surface area contributed by atoms with Crippen LogP contribution in [-0.2, 0) is 11.3 Å². The molecule has 5 nitrogen and oxygen atoms in total. The van der Waals surface area contributed by atoms with Crippen LogP contribution < -0.4 is 5.48 Å². The van der Waals surface area contributed by atoms with E-state index in [4.69, 9.17) is 4.84 Å². The lowest BCUT2D eigenvalue weighted by molar-refractivity contribution is 0.0328. The van der Waals surface area contributed by atoms with E-state index >= 15 is 0 Å². The van der Waals surface area contributed by atoms with Crippen LogP contribution in [0.15, 0.2) is 35.8 Å². The van der Waals surface area contributed by atoms with Gasteiger partial charge < -0.3 is 0 Å². The predicted molar refractivity (Wildman–Crippen MR) is 89.5 cm³/mol. The van der Waals surface area contributed by atoms with Gasteiger partial charge in [-0.15, -0.1) is 11.3 Å². The summed E-state index contributed by atoms with van der Waals surface area (Å²) in [6, 6.07) is 7.92. The second-order valence-corrected chi connectivity index (χ2v) is 6.69. The van der Waals surface area contributed by atoms with E-state index in [1.165, 1.54) is 35.3 Å². The van der Waals surface area contributed by atoms with E-state index in [0.29, 0.717) is 17.4 Å². The van der Waals surface area contributed by atoms with Gasteiger partial charge in [0.25, 0.3) is 5.91 Å². The Morgan fingerprint density at radius 2 is 2.30 bits per heavy atom. The van der Waals surface area contributed by atoms with E-state index < -0.39 is 0 Å². The van der Waals surface area contributed by atoms with E-state index in [2.05, 4.69) is 27.8 Å². The minimum Gasteiger partial charge on any atom is -0.278 e. The summed E-state index contributed by atoms with van der Waals surface area (Å²) in [6.07, 6.45) is 5.15. The summed E-state index contributed by atoms with van der Waals surface area (Å²) in [7, 11) is 0. The molecule has 0 saturated heterocycles. The Morgan fingerprint density at radius 3 is 3.09 bits per heavy atom. The lowest BCUT2D eigenvalue weighted by Gasteiger charge is -2.11. The third kappa shape index (κ3) is 3.00. The molecule has 1 amide bonds. The Hall–Kier alpha value is -2.18. The van der Waals surface area contributed by atoms with Crippen molar-refractivity contribution in [3.8, 4) is 0 Å². The molecule has 0 bridgehead atoms. The van der Waals surface area contributed by atoms with Crippen molar-refractivity contribution >= 4 is 28.1 Å². The number of rotatable bonds is 6. The molecule has 1 aromatic carbocycles. The monoisotopic (exact) mass is 327 g/mol. The van der Waals surface area contributed by atoms with Crippen LogP contribution in [0.1, 0.15) is 39.6 Å². The van der Waals surface area contributed by atoms with Crippen molar-refractivity contribution in [1.29, 1.82) is 0 Å². The first-order valence-electron chi connectivity index (χ1n) is 7.73. The molecule has 0 spiro atoms. The number of benzene rings is 1. The average Bonchev–Trinajstić information content (AvgIpc) is 3.07. The molecule has 4 rings (SSSR count). The fourth-order valence-electron chi connectivity index (χ4n) is 2.88. The number of hydrogen-bond donors (Lipinski definition) is 2. The van der Waals surface area contributed by atoms with Crippen LogP contribution >= 0.6 is 11.3 Å². The van der Waals surface area contributed by atoms with Gasteiger partial charge >= 0.3 is 0 Å². The zero-order chi connectivity index (χ0) is 15.6. The van der Waals surface area contributed by atoms with Crippen LogP contribution in [0.25, 0.3) is 10.9 Å². The summed E-state index contributed by atoms with van der Waals surface area (Å²) >= 11 is 1.40. The molecule has 2 aromatic heterocycles. The van der Waals surface area contributed by atoms with Crippen LogP contribution in [0.5, 0.6) is 0 Å². The largest absolute Gasteiger partial charge is 0.284 e. The van der Waals surface area contributed by atoms with Gasteiger partial charge in [-0.2, -0.15) is 5.10 Å². The Balaban J connectivity index is 1.42. The molecule has 1 aliphatic carbocycles. The second kappa shape index (κ2) is 6.14. The lowest BCUT2D eigenvalue weighted by atomic mass is 9.97. The number of carbonyl (C=O) groups is 1. The van der Waals surface area contributed by atoms with E-state index in [1.54, 1.807) is 6.07 Å². The second-order valence-electron chi connectivity index (χ2n) is 5.75. The molecular weight excluding hydrogens is 310 g/mol. The van der Waals surface area contributed by atoms with Gasteiger partial charge in [-0.3, -0.25) is 14.7 Å². The number of carbonyl (C=O) groups excluding carboxylic acids is 1. The number of thiophene rings is 1. The standard InChI is InChI=1S/C17H17N3O2S/c21-17(16-2-1-9-23-16)20-22-8-7-13-12(11-3-4-11)5-6-15-14(13)10-18-19-15/h1-2,5-6,9-11H,3-4,7-8H2,(H,18,19)(H,20,21). The van der Waals surface area contributed by atoms with E-state index in [1.807, 2.05) is 17.6 Å². The Labute approximate surface area is 137 Å². The molecule has 1 saturated carbocycles. The van der Waals surface area contributed by atoms with E-state index in [9.17, 15) is 4.79 Å². The number of fused-ring (bicyclic) bond motifs is 1. The van der Waals surface area contributed by atoms with Crippen LogP contribution in [0.4, 0.5) is 0 Å². The van der Waals surface area contributed by atoms with Crippen LogP contribution in [-0.4, -0.2) is 22.7 Å². The topological polar surface area (TPSA) is 67.0 Å². The highest BCUT2D eigenvalue weighted by molar-refractivity contribution is 7.12. The summed E-state index contributed by atoms with van der Waals surface area (Å²) in [4.78, 5) is 17.9. The molecule has 1 aliphatic rings. The molecule has 118 valence electrons. The molecule has 2 heterocycles. The van der Waals surface area contributed by atoms with Crippen molar-refractivity contribution in [2.45, 2.75) is 25.2 Å². The van der Waals surface area contributed by atoms with Gasteiger partial charge in [-0.1, -0.05) is 12.1 Å². The van der Waals surface area contributed by atoms with Crippen LogP contribution in [0, 0.1) is 0 Å². The molecule has 0 radical (unpaired) electrons. The van der Waals surface area contributed by atoms with Crippen molar-refractivity contribution in [3.05, 3.63) is 51.8 Å². The van der Waals surface area contributed by atoms with Crippen molar-refractivity contribution in [1.82, 2.24) is 15.7 Å². The average molecular weight is 327 g/mol. The minimum absolute atomic E-state index is 0.191. The van der Waals surface area contributed by atoms with Crippen molar-refractivity contribution in [2.75, 3.05) is 6.61 Å². The number of amides is 1. The number of aromatic amines is 1. The molecule has 2 N–H and O–H groups in total. The quantitative estimate of drug-likeness (QED) is 0.538. The van der Waals surface area contributed by atoms with Crippen molar-refractivity contribution in [3.63, 3.8) is 0 Å². The highest BCUT2D eigenvalue weighted by Crippen LogP contribution is 2.43. The summed E-state index contributed by atoms with van der Waals surface area (Å²) in [5.74, 6) is 0.481. The van der Waals surface area contributed by atoms with Gasteiger partial charge in [0, 0.05) is 5.39 Å². The Bertz CT molecular complexity index is 822. The normalized spacial score (nSPS) is 14.3. The summed E-state index contributed by atoms with van der Waals surface area (Å²) in [6.45, 7) is 0.446. The Kier molecular flexibility index (Phi) is 3.85. The smallest absolute Gasteiger partial charge is 0.278 e. The van der Waals surface area contributed by atoms with Gasteiger partial charge in [0.1, 0.15) is 0 Å². The summed E-state index contributed by atoms with van der Waals surface area (Å²) < 4.78 is 0. The van der Waals surface area contributed by atoms with Gasteiger partial charge in [-0.25, -0.2) is 5.48 Å². The molecule has 0 atom stereocenters. The molecule has 0 unspecified atom stereocenters. The summed E-state index contributed by atoms with van der Waals surface area (Å²) in [5, 5.41) is 10.2. The van der Waals surface area contributed by atoms with Gasteiger partial charge in [0.2, 0.25) is 0 Å². The first-order chi connectivity index (χ1) is 11.3. The SMILES string of the molecule is O=C(NOCCc1c(C2CC2)ccc2[nH]ncc12)c1cccs1. The molecule has 23 heavy (non-hydrogen) atoms. The maximum absolute atomic E-state index is 11.8. The van der Waals surface area contributed by atoms with E-state index in [-0.39, 0.29) is 5.91 Å². The fourth-order valence-corrected chi connectivity index (χ4v) is 3.49. The molecule has 1 fully saturated rings. The van der Waals surface area contributed by atoms with E-state index in [0.717, 1.165) is 17.3 Å². The molecule has 3 aromatic rings. The third-order valence-electron chi connectivity index (χ3n) is 4.15. The zero-order valence-corrected chi connectivity index (χ0v) is 13.4. The van der Waals surface area contributed by atoms with Crippen molar-refractivity contribution in [2.24, 2.45) is 0 Å². The number of nitrogens with zero attached hydrogens (tertiary/aromatic N) is 1. The van der Waals surface area contributed by atoms with Gasteiger partial charge in [0.15, 0.2) is 0 Å². The fraction of sp³-hybridized carbons (Fsp3) is 0.294. The minimum atomic E-state index is -0.191. The number of nitrogens with one attached hydrogen (secondary N) is 2. The maximum Gasteiger partial charge on any atom is 0.284 e. The number of hydrogen-bond acceptors (Lipinski definition) is 4. The third-order valence-corrected chi connectivity index (χ3v) is 5.02. The maximum atomic E-state index is 11.8. The molecule has 0 aliphatic heterocycles. The van der Waals surface area contributed by atoms with Crippen molar-refractivity contribution < 1.29 is 9.63 Å². The van der Waals surface area contributed by atoms with Gasteiger partial charge in [-0.05, 0) is 53.8 Å². The lowest BCUT2D eigenvalue weighted by Crippen LogP contribution is -2.24. The molecular formula is C17H17N3O2S. The number of hydroxylamine groups is 1. The first-order valence-corrected chi connectivity index (χ1v) is 8.61.